The quantitative estimate of drug-likeness (QED) is 0.157. The first kappa shape index (κ1) is 36.6. The van der Waals surface area contributed by atoms with Gasteiger partial charge in [0.25, 0.3) is 0 Å². The third-order valence-corrected chi connectivity index (χ3v) is 12.7. The van der Waals surface area contributed by atoms with Crippen LogP contribution in [0.4, 0.5) is 5.69 Å². The molecule has 302 valence electrons. The number of rotatable bonds is 6. The van der Waals surface area contributed by atoms with E-state index in [0.29, 0.717) is 22.8 Å². The van der Waals surface area contributed by atoms with Crippen LogP contribution < -0.4 is 0 Å². The molecule has 6 heteroatoms. The highest BCUT2D eigenvalue weighted by Gasteiger charge is 2.25. The van der Waals surface area contributed by atoms with E-state index >= 15 is 0 Å². The van der Waals surface area contributed by atoms with Crippen molar-refractivity contribution >= 4 is 71.4 Å². The number of furan rings is 1. The van der Waals surface area contributed by atoms with E-state index in [2.05, 4.69) is 178 Å². The topological polar surface area (TPSA) is 53.1 Å². The average molecular weight is 830 g/mol. The summed E-state index contributed by atoms with van der Waals surface area (Å²) in [5.74, 6) is 0.628. The summed E-state index contributed by atoms with van der Waals surface area (Å²) in [6.07, 6.45) is 0. The number of hydrogen-bond donors (Lipinski definition) is 0. The van der Waals surface area contributed by atoms with E-state index in [1.165, 1.54) is 10.8 Å². The van der Waals surface area contributed by atoms with Crippen LogP contribution in [0.2, 0.25) is 0 Å². The first-order valence-corrected chi connectivity index (χ1v) is 21.7. The van der Waals surface area contributed by atoms with Crippen molar-refractivity contribution in [1.82, 2.24) is 19.1 Å². The van der Waals surface area contributed by atoms with Crippen LogP contribution in [-0.4, -0.2) is 19.1 Å². The zero-order chi connectivity index (χ0) is 43.0. The summed E-state index contributed by atoms with van der Waals surface area (Å²) in [4.78, 5) is 14.4. The maximum absolute atomic E-state index is 8.09. The Bertz CT molecular complexity index is 3950. The van der Waals surface area contributed by atoms with E-state index in [9.17, 15) is 0 Å². The van der Waals surface area contributed by atoms with Gasteiger partial charge in [-0.05, 0) is 83.2 Å². The molecule has 0 saturated heterocycles. The molecule has 0 saturated carbocycles. The van der Waals surface area contributed by atoms with E-state index in [0.717, 1.165) is 94.1 Å². The molecule has 13 rings (SSSR count). The molecule has 0 bridgehead atoms. The average Bonchev–Trinajstić information content (AvgIpc) is 4.03. The number of fused-ring (bicyclic) bond motifs is 9. The lowest BCUT2D eigenvalue weighted by Gasteiger charge is -2.21. The molecule has 0 aliphatic carbocycles. The second-order valence-corrected chi connectivity index (χ2v) is 16.4. The zero-order valence-electron chi connectivity index (χ0n) is 34.9. The van der Waals surface area contributed by atoms with Gasteiger partial charge in [-0.25, -0.2) is 14.8 Å². The van der Waals surface area contributed by atoms with E-state index in [1.54, 1.807) is 0 Å². The second-order valence-electron chi connectivity index (χ2n) is 16.4. The van der Waals surface area contributed by atoms with Crippen LogP contribution in [0, 0.1) is 6.57 Å². The Balaban J connectivity index is 1.15. The summed E-state index contributed by atoms with van der Waals surface area (Å²) in [6.45, 7) is 8.09. The smallest absolute Gasteiger partial charge is 0.188 e. The van der Waals surface area contributed by atoms with E-state index in [-0.39, 0.29) is 0 Å². The van der Waals surface area contributed by atoms with Crippen LogP contribution in [0.3, 0.4) is 0 Å². The Labute approximate surface area is 373 Å². The van der Waals surface area contributed by atoms with Crippen molar-refractivity contribution in [3.05, 3.63) is 224 Å². The maximum Gasteiger partial charge on any atom is 0.188 e. The van der Waals surface area contributed by atoms with Gasteiger partial charge in [0.15, 0.2) is 17.1 Å². The van der Waals surface area contributed by atoms with Gasteiger partial charge in [0.1, 0.15) is 16.8 Å². The highest BCUT2D eigenvalue weighted by Crippen LogP contribution is 2.46. The summed E-state index contributed by atoms with van der Waals surface area (Å²) in [5, 5.41) is 5.42. The summed E-state index contributed by atoms with van der Waals surface area (Å²) < 4.78 is 11.5. The maximum atomic E-state index is 8.09. The molecular weight excluding hydrogens is 795 g/mol. The largest absolute Gasteiger partial charge is 0.452 e. The Morgan fingerprint density at radius 1 is 0.415 bits per heavy atom. The van der Waals surface area contributed by atoms with Crippen LogP contribution in [0.15, 0.2) is 217 Å². The van der Waals surface area contributed by atoms with Crippen LogP contribution in [0.1, 0.15) is 0 Å². The summed E-state index contributed by atoms with van der Waals surface area (Å²) in [5.41, 5.74) is 15.8. The molecule has 0 fully saturated rings. The predicted molar refractivity (Wildman–Crippen MR) is 266 cm³/mol. The Morgan fingerprint density at radius 3 is 1.57 bits per heavy atom. The molecule has 6 nitrogen and oxygen atoms in total. The molecule has 0 spiro atoms. The minimum Gasteiger partial charge on any atom is -0.452 e. The van der Waals surface area contributed by atoms with Crippen molar-refractivity contribution in [2.24, 2.45) is 0 Å². The fourth-order valence-electron chi connectivity index (χ4n) is 9.84. The van der Waals surface area contributed by atoms with E-state index in [4.69, 9.17) is 21.0 Å². The van der Waals surface area contributed by atoms with Gasteiger partial charge in [-0.1, -0.05) is 146 Å². The van der Waals surface area contributed by atoms with Crippen molar-refractivity contribution in [2.75, 3.05) is 0 Å². The minimum atomic E-state index is 0.591. The highest BCUT2D eigenvalue weighted by atomic mass is 16.3. The van der Waals surface area contributed by atoms with Gasteiger partial charge < -0.3 is 13.6 Å². The van der Waals surface area contributed by atoms with Crippen LogP contribution in [-0.2, 0) is 0 Å². The number of benzene rings is 9. The SMILES string of the molecule is [C-]#[N+]c1ccc2c(c1)c1cc(-n3c4ccccc4c4ccccc43)ccc1n2-c1c(-c2ccccc2)cc(-c2nc(-c3ccccc3)nc3c2oc2ccccc23)cc1-c1ccccc1. The third-order valence-electron chi connectivity index (χ3n) is 12.7. The molecule has 0 amide bonds. The number of hydrogen-bond acceptors (Lipinski definition) is 3. The van der Waals surface area contributed by atoms with Crippen LogP contribution >= 0.6 is 0 Å². The molecule has 4 heterocycles. The predicted octanol–water partition coefficient (Wildman–Crippen LogP) is 15.8. The second kappa shape index (κ2) is 14.5. The number of nitrogens with zero attached hydrogens (tertiary/aromatic N) is 5. The third kappa shape index (κ3) is 5.73. The van der Waals surface area contributed by atoms with Crippen molar-refractivity contribution in [2.45, 2.75) is 0 Å². The lowest BCUT2D eigenvalue weighted by molar-refractivity contribution is 0.667. The van der Waals surface area contributed by atoms with E-state index in [1.807, 2.05) is 48.5 Å². The Hall–Kier alpha value is -9.05. The first-order valence-electron chi connectivity index (χ1n) is 21.7. The molecule has 0 radical (unpaired) electrons. The molecule has 4 aromatic heterocycles. The van der Waals surface area contributed by atoms with Crippen LogP contribution in [0.25, 0.3) is 127 Å². The summed E-state index contributed by atoms with van der Waals surface area (Å²) >= 11 is 0. The summed E-state index contributed by atoms with van der Waals surface area (Å²) in [7, 11) is 0. The number of para-hydroxylation sites is 3. The van der Waals surface area contributed by atoms with Gasteiger partial charge in [0.05, 0.1) is 34.3 Å². The number of aromatic nitrogens is 4. The lowest BCUT2D eigenvalue weighted by Crippen LogP contribution is -2.03. The molecule has 0 unspecified atom stereocenters. The molecule has 0 aliphatic heterocycles. The zero-order valence-corrected chi connectivity index (χ0v) is 34.9. The first-order chi connectivity index (χ1) is 32.2. The van der Waals surface area contributed by atoms with Gasteiger partial charge in [0.2, 0.25) is 0 Å². The fraction of sp³-hybridized carbons (Fsp3) is 0. The molecule has 13 aromatic rings. The molecule has 9 aromatic carbocycles. The van der Waals surface area contributed by atoms with E-state index < -0.39 is 0 Å². The highest BCUT2D eigenvalue weighted by molar-refractivity contribution is 6.14. The monoisotopic (exact) mass is 829 g/mol. The molecular formula is C59H35N5O. The van der Waals surface area contributed by atoms with Crippen molar-refractivity contribution in [3.63, 3.8) is 0 Å². The molecule has 0 atom stereocenters. The minimum absolute atomic E-state index is 0.591. The van der Waals surface area contributed by atoms with Gasteiger partial charge in [-0.3, -0.25) is 0 Å². The Kier molecular flexibility index (Phi) is 8.17. The summed E-state index contributed by atoms with van der Waals surface area (Å²) in [6, 6.07) is 74.0. The van der Waals surface area contributed by atoms with Crippen LogP contribution in [0.5, 0.6) is 0 Å². The van der Waals surface area contributed by atoms with Crippen molar-refractivity contribution < 1.29 is 4.42 Å². The normalized spacial score (nSPS) is 11.7. The lowest BCUT2D eigenvalue weighted by atomic mass is 9.91. The molecule has 0 aliphatic rings. The van der Waals surface area contributed by atoms with Crippen molar-refractivity contribution in [1.29, 1.82) is 0 Å². The van der Waals surface area contributed by atoms with Crippen molar-refractivity contribution in [3.8, 4) is 56.3 Å². The Morgan fingerprint density at radius 2 is 0.938 bits per heavy atom. The molecule has 0 N–H and O–H groups in total. The standard InChI is InChI=1S/C59H35N5O/c1-60-41-29-31-52-48(35-41)49-36-42(63-50-26-14-11-23-43(50)44-24-12-15-27-51(44)63)30-32-53(49)64(52)57-46(37-17-5-2-6-18-37)33-40(34-47(57)38-19-7-3-8-20-38)55-58-56(45-25-13-16-28-54(45)65-58)62-59(61-55)39-21-9-4-10-22-39/h2-36H. The van der Waals surface area contributed by atoms with Gasteiger partial charge >= 0.3 is 0 Å². The van der Waals surface area contributed by atoms with Gasteiger partial charge in [0, 0.05) is 49.5 Å². The van der Waals surface area contributed by atoms with Gasteiger partial charge in [-0.15, -0.1) is 0 Å². The fourth-order valence-corrected chi connectivity index (χ4v) is 9.84. The molecule has 65 heavy (non-hydrogen) atoms. The van der Waals surface area contributed by atoms with Gasteiger partial charge in [-0.2, -0.15) is 0 Å².